The number of aromatic nitrogens is 1. The molecule has 0 saturated carbocycles. The van der Waals surface area contributed by atoms with Crippen molar-refractivity contribution in [3.05, 3.63) is 32.5 Å². The van der Waals surface area contributed by atoms with Gasteiger partial charge in [0.25, 0.3) is 0 Å². The van der Waals surface area contributed by atoms with E-state index in [2.05, 4.69) is 16.3 Å². The second-order valence-corrected chi connectivity index (χ2v) is 7.41. The van der Waals surface area contributed by atoms with E-state index in [1.165, 1.54) is 27.7 Å². The van der Waals surface area contributed by atoms with Crippen LogP contribution >= 0.6 is 22.7 Å². The predicted molar refractivity (Wildman–Crippen MR) is 81.1 cm³/mol. The van der Waals surface area contributed by atoms with Gasteiger partial charge in [0.15, 0.2) is 5.13 Å². The zero-order valence-electron chi connectivity index (χ0n) is 10.8. The number of fused-ring (bicyclic) bond motifs is 2. The molecule has 2 aromatic heterocycles. The van der Waals surface area contributed by atoms with Crippen LogP contribution in [0.15, 0.2) is 11.4 Å². The zero-order valence-corrected chi connectivity index (χ0v) is 12.4. The summed E-state index contributed by atoms with van der Waals surface area (Å²) in [4.78, 5) is 10.2. The number of nitrogens with zero attached hydrogens (tertiary/aromatic N) is 2. The third-order valence-electron chi connectivity index (χ3n) is 4.06. The number of hydrogen-bond donors (Lipinski definition) is 1. The lowest BCUT2D eigenvalue weighted by Crippen LogP contribution is -2.29. The molecule has 5 heteroatoms. The summed E-state index contributed by atoms with van der Waals surface area (Å²) < 4.78 is 0. The molecule has 1 aliphatic carbocycles. The van der Waals surface area contributed by atoms with E-state index in [1.54, 1.807) is 4.88 Å². The van der Waals surface area contributed by atoms with Crippen molar-refractivity contribution in [2.24, 2.45) is 5.73 Å². The van der Waals surface area contributed by atoms with Gasteiger partial charge in [-0.15, -0.1) is 22.7 Å². The first-order chi connectivity index (χ1) is 9.31. The lowest BCUT2D eigenvalue weighted by Gasteiger charge is -2.26. The van der Waals surface area contributed by atoms with Crippen molar-refractivity contribution < 1.29 is 0 Å². The van der Waals surface area contributed by atoms with E-state index in [0.717, 1.165) is 32.4 Å². The first-order valence-electron chi connectivity index (χ1n) is 6.86. The average molecular weight is 291 g/mol. The molecule has 0 aromatic carbocycles. The Morgan fingerprint density at radius 3 is 3.16 bits per heavy atom. The molecule has 1 atom stereocenters. The van der Waals surface area contributed by atoms with Gasteiger partial charge in [-0.05, 0) is 42.7 Å². The number of thiophene rings is 1. The Labute approximate surface area is 121 Å². The van der Waals surface area contributed by atoms with Crippen LogP contribution < -0.4 is 10.6 Å². The first-order valence-corrected chi connectivity index (χ1v) is 8.56. The molecule has 0 spiro atoms. The Bertz CT molecular complexity index is 602. The minimum absolute atomic E-state index is 0.162. The van der Waals surface area contributed by atoms with Crippen LogP contribution in [0.3, 0.4) is 0 Å². The Balaban J connectivity index is 1.64. The van der Waals surface area contributed by atoms with Gasteiger partial charge in [0.1, 0.15) is 0 Å². The van der Waals surface area contributed by atoms with Gasteiger partial charge in [-0.3, -0.25) is 0 Å². The van der Waals surface area contributed by atoms with E-state index in [0.29, 0.717) is 0 Å². The van der Waals surface area contributed by atoms with E-state index in [9.17, 15) is 0 Å². The molecule has 100 valence electrons. The van der Waals surface area contributed by atoms with E-state index < -0.39 is 0 Å². The number of aryl methyl sites for hydroxylation is 1. The summed E-state index contributed by atoms with van der Waals surface area (Å²) >= 11 is 3.75. The number of nitrogens with two attached hydrogens (primary N) is 1. The third kappa shape index (κ3) is 2.00. The summed E-state index contributed by atoms with van der Waals surface area (Å²) in [7, 11) is 0. The van der Waals surface area contributed by atoms with Gasteiger partial charge in [0.05, 0.1) is 5.69 Å². The number of hydrogen-bond acceptors (Lipinski definition) is 5. The topological polar surface area (TPSA) is 42.1 Å². The van der Waals surface area contributed by atoms with Crippen molar-refractivity contribution in [3.63, 3.8) is 0 Å². The monoisotopic (exact) mass is 291 g/mol. The zero-order chi connectivity index (χ0) is 12.8. The van der Waals surface area contributed by atoms with Gasteiger partial charge >= 0.3 is 0 Å². The Kier molecular flexibility index (Phi) is 2.86. The Morgan fingerprint density at radius 1 is 1.32 bits per heavy atom. The number of anilines is 1. The first kappa shape index (κ1) is 11.9. The van der Waals surface area contributed by atoms with E-state index in [1.807, 2.05) is 22.7 Å². The van der Waals surface area contributed by atoms with Crippen molar-refractivity contribution in [2.45, 2.75) is 38.3 Å². The maximum atomic E-state index is 6.18. The lowest BCUT2D eigenvalue weighted by molar-refractivity contribution is 0.563. The molecule has 3 nitrogen and oxygen atoms in total. The van der Waals surface area contributed by atoms with Crippen molar-refractivity contribution in [1.82, 2.24) is 4.98 Å². The van der Waals surface area contributed by atoms with Gasteiger partial charge in [0.2, 0.25) is 0 Å². The predicted octanol–water partition coefficient (Wildman–Crippen LogP) is 3.10. The summed E-state index contributed by atoms with van der Waals surface area (Å²) in [5, 5.41) is 3.39. The van der Waals surface area contributed by atoms with E-state index >= 15 is 0 Å². The minimum Gasteiger partial charge on any atom is -0.343 e. The molecule has 0 amide bonds. The highest BCUT2D eigenvalue weighted by molar-refractivity contribution is 7.15. The third-order valence-corrected chi connectivity index (χ3v) is 6.28. The van der Waals surface area contributed by atoms with Crippen molar-refractivity contribution in [2.75, 3.05) is 11.4 Å². The van der Waals surface area contributed by atoms with Crippen molar-refractivity contribution in [1.29, 1.82) is 0 Å². The molecule has 0 saturated heterocycles. The summed E-state index contributed by atoms with van der Waals surface area (Å²) in [5.74, 6) is 0. The Morgan fingerprint density at radius 2 is 2.26 bits per heavy atom. The standard InChI is InChI=1S/C14H17N3S2/c15-10-2-1-3-12-13(10)16-14(19-12)17-6-4-11-9(8-17)5-7-18-11/h5,7,10H,1-4,6,8,15H2. The summed E-state index contributed by atoms with van der Waals surface area (Å²) in [5.41, 5.74) is 8.83. The fraction of sp³-hybridized carbons (Fsp3) is 0.500. The maximum absolute atomic E-state index is 6.18. The van der Waals surface area contributed by atoms with Crippen LogP contribution in [0.25, 0.3) is 0 Å². The minimum atomic E-state index is 0.162. The number of thiazole rings is 1. The summed E-state index contributed by atoms with van der Waals surface area (Å²) in [6, 6.07) is 2.42. The van der Waals surface area contributed by atoms with Crippen LogP contribution in [-0.4, -0.2) is 11.5 Å². The summed E-state index contributed by atoms with van der Waals surface area (Å²) in [6.07, 6.45) is 4.62. The lowest BCUT2D eigenvalue weighted by atomic mass is 9.99. The van der Waals surface area contributed by atoms with Crippen molar-refractivity contribution >= 4 is 27.8 Å². The molecule has 0 bridgehead atoms. The summed E-state index contributed by atoms with van der Waals surface area (Å²) in [6.45, 7) is 2.11. The molecule has 19 heavy (non-hydrogen) atoms. The Hall–Kier alpha value is -0.910. The van der Waals surface area contributed by atoms with Gasteiger partial charge in [0, 0.05) is 28.9 Å². The fourth-order valence-electron chi connectivity index (χ4n) is 2.99. The second-order valence-electron chi connectivity index (χ2n) is 5.34. The van der Waals surface area contributed by atoms with E-state index in [-0.39, 0.29) is 6.04 Å². The molecule has 2 N–H and O–H groups in total. The highest BCUT2D eigenvalue weighted by Gasteiger charge is 2.25. The maximum Gasteiger partial charge on any atom is 0.186 e. The van der Waals surface area contributed by atoms with Crippen LogP contribution in [0.4, 0.5) is 5.13 Å². The molecule has 3 heterocycles. The van der Waals surface area contributed by atoms with Crippen LogP contribution in [0.5, 0.6) is 0 Å². The van der Waals surface area contributed by atoms with Crippen molar-refractivity contribution in [3.8, 4) is 0 Å². The highest BCUT2D eigenvalue weighted by Crippen LogP contribution is 2.37. The molecule has 1 unspecified atom stereocenters. The van der Waals surface area contributed by atoms with Gasteiger partial charge in [-0.1, -0.05) is 0 Å². The molecule has 1 aliphatic heterocycles. The normalized spacial score (nSPS) is 22.2. The quantitative estimate of drug-likeness (QED) is 0.878. The molecule has 2 aromatic rings. The van der Waals surface area contributed by atoms with Crippen LogP contribution in [0.1, 0.15) is 39.9 Å². The average Bonchev–Trinajstić information content (AvgIpc) is 3.04. The number of rotatable bonds is 1. The molecule has 0 radical (unpaired) electrons. The van der Waals surface area contributed by atoms with Gasteiger partial charge in [-0.25, -0.2) is 4.98 Å². The fourth-order valence-corrected chi connectivity index (χ4v) is 5.07. The smallest absolute Gasteiger partial charge is 0.186 e. The van der Waals surface area contributed by atoms with Crippen LogP contribution in [0.2, 0.25) is 0 Å². The molecule has 4 rings (SSSR count). The largest absolute Gasteiger partial charge is 0.343 e. The molecular weight excluding hydrogens is 274 g/mol. The molecule has 0 fully saturated rings. The van der Waals surface area contributed by atoms with Gasteiger partial charge < -0.3 is 10.6 Å². The molecular formula is C14H17N3S2. The van der Waals surface area contributed by atoms with Crippen LogP contribution in [0, 0.1) is 0 Å². The SMILES string of the molecule is NC1CCCc2sc(N3CCc4sccc4C3)nc21. The van der Waals surface area contributed by atoms with Gasteiger partial charge in [-0.2, -0.15) is 0 Å². The molecule has 2 aliphatic rings. The second kappa shape index (κ2) is 4.58. The van der Waals surface area contributed by atoms with Crippen LogP contribution in [-0.2, 0) is 19.4 Å². The highest BCUT2D eigenvalue weighted by atomic mass is 32.1. The van der Waals surface area contributed by atoms with E-state index in [4.69, 9.17) is 10.7 Å².